The summed E-state index contributed by atoms with van der Waals surface area (Å²) in [5.41, 5.74) is 3.66. The van der Waals surface area contributed by atoms with Crippen LogP contribution in [0.1, 0.15) is 16.1 Å². The summed E-state index contributed by atoms with van der Waals surface area (Å²) in [6.07, 6.45) is 7.45. The van der Waals surface area contributed by atoms with Gasteiger partial charge in [-0.1, -0.05) is 36.4 Å². The molecular formula is C26H26N4O2. The van der Waals surface area contributed by atoms with E-state index in [0.717, 1.165) is 16.7 Å². The fourth-order valence-corrected chi connectivity index (χ4v) is 4.03. The molecule has 2 amide bonds. The second kappa shape index (κ2) is 10.0. The van der Waals surface area contributed by atoms with Crippen molar-refractivity contribution in [3.63, 3.8) is 0 Å². The summed E-state index contributed by atoms with van der Waals surface area (Å²) in [7, 11) is 0. The minimum Gasteiger partial charge on any atom is -0.337 e. The average Bonchev–Trinajstić information content (AvgIpc) is 3.00. The van der Waals surface area contributed by atoms with E-state index < -0.39 is 0 Å². The summed E-state index contributed by atoms with van der Waals surface area (Å²) in [4.78, 5) is 38.1. The van der Waals surface area contributed by atoms with Crippen LogP contribution in [0.5, 0.6) is 0 Å². The van der Waals surface area contributed by atoms with Crippen LogP contribution in [0.4, 0.5) is 0 Å². The lowest BCUT2D eigenvalue weighted by Crippen LogP contribution is -2.38. The van der Waals surface area contributed by atoms with Crippen LogP contribution in [0.25, 0.3) is 11.1 Å². The molecule has 4 rings (SSSR count). The van der Waals surface area contributed by atoms with Crippen LogP contribution in [0.3, 0.4) is 0 Å². The molecule has 0 radical (unpaired) electrons. The van der Waals surface area contributed by atoms with E-state index in [9.17, 15) is 9.59 Å². The van der Waals surface area contributed by atoms with Crippen LogP contribution in [-0.4, -0.2) is 57.8 Å². The number of amides is 2. The molecule has 6 nitrogen and oxygen atoms in total. The fraction of sp³-hybridized carbons (Fsp3) is 0.231. The molecule has 0 saturated carbocycles. The van der Waals surface area contributed by atoms with Gasteiger partial charge in [-0.25, -0.2) is 0 Å². The van der Waals surface area contributed by atoms with E-state index in [1.165, 1.54) is 0 Å². The number of hydrogen-bond donors (Lipinski definition) is 0. The van der Waals surface area contributed by atoms with Crippen LogP contribution in [0, 0.1) is 5.92 Å². The number of carbonyl (C=O) groups is 2. The molecule has 3 aromatic rings. The molecule has 0 N–H and O–H groups in total. The molecule has 0 aliphatic carbocycles. The monoisotopic (exact) mass is 426 g/mol. The molecule has 6 heteroatoms. The van der Waals surface area contributed by atoms with Crippen molar-refractivity contribution >= 4 is 11.8 Å². The van der Waals surface area contributed by atoms with Crippen molar-refractivity contribution in [3.05, 3.63) is 97.1 Å². The van der Waals surface area contributed by atoms with E-state index in [-0.39, 0.29) is 17.7 Å². The molecule has 2 aromatic heterocycles. The number of aromatic nitrogens is 2. The van der Waals surface area contributed by atoms with Crippen LogP contribution in [0.2, 0.25) is 0 Å². The lowest BCUT2D eigenvalue weighted by molar-refractivity contribution is -0.134. The Morgan fingerprint density at radius 1 is 1.00 bits per heavy atom. The van der Waals surface area contributed by atoms with Gasteiger partial charge in [0, 0.05) is 44.8 Å². The highest BCUT2D eigenvalue weighted by Crippen LogP contribution is 2.22. The zero-order chi connectivity index (χ0) is 22.3. The predicted molar refractivity (Wildman–Crippen MR) is 124 cm³/mol. The summed E-state index contributed by atoms with van der Waals surface area (Å²) in [5.74, 6) is -0.409. The van der Waals surface area contributed by atoms with Crippen LogP contribution in [0.15, 0.2) is 85.8 Å². The zero-order valence-corrected chi connectivity index (χ0v) is 17.9. The Morgan fingerprint density at radius 3 is 2.44 bits per heavy atom. The van der Waals surface area contributed by atoms with E-state index in [0.29, 0.717) is 38.3 Å². The maximum Gasteiger partial charge on any atom is 0.272 e. The molecule has 1 aliphatic heterocycles. The Hall–Kier alpha value is -3.80. The zero-order valence-electron chi connectivity index (χ0n) is 17.9. The van der Waals surface area contributed by atoms with Gasteiger partial charge in [0.25, 0.3) is 5.91 Å². The first kappa shape index (κ1) is 21.4. The van der Waals surface area contributed by atoms with Gasteiger partial charge < -0.3 is 9.80 Å². The second-order valence-electron chi connectivity index (χ2n) is 7.87. The topological polar surface area (TPSA) is 66.4 Å². The number of benzene rings is 1. The van der Waals surface area contributed by atoms with Crippen molar-refractivity contribution < 1.29 is 9.59 Å². The van der Waals surface area contributed by atoms with Crippen molar-refractivity contribution in [2.24, 2.45) is 5.92 Å². The van der Waals surface area contributed by atoms with Gasteiger partial charge in [0.2, 0.25) is 5.91 Å². The molecule has 162 valence electrons. The van der Waals surface area contributed by atoms with Crippen molar-refractivity contribution in [2.45, 2.75) is 6.42 Å². The minimum atomic E-state index is -0.322. The summed E-state index contributed by atoms with van der Waals surface area (Å²) >= 11 is 0. The van der Waals surface area contributed by atoms with Gasteiger partial charge in [-0.15, -0.1) is 6.58 Å². The van der Waals surface area contributed by atoms with Crippen molar-refractivity contribution in [3.8, 4) is 11.1 Å². The molecule has 1 fully saturated rings. The van der Waals surface area contributed by atoms with Gasteiger partial charge in [-0.05, 0) is 47.4 Å². The highest BCUT2D eigenvalue weighted by molar-refractivity contribution is 5.93. The Bertz CT molecular complexity index is 1070. The van der Waals surface area contributed by atoms with Crippen LogP contribution in [-0.2, 0) is 11.2 Å². The normalized spacial score (nSPS) is 16.5. The largest absolute Gasteiger partial charge is 0.337 e. The van der Waals surface area contributed by atoms with E-state index in [1.54, 1.807) is 52.7 Å². The standard InChI is InChI=1S/C26H26N4O2/c1-2-15-29-16-17-30(26(32)24-5-3-4-12-28-24)19-23(25(29)31)18-20-6-8-21(9-7-20)22-10-13-27-14-11-22/h2-14,23H,1,15-19H2. The number of hydrogen-bond acceptors (Lipinski definition) is 4. The fourth-order valence-electron chi connectivity index (χ4n) is 4.03. The number of rotatable bonds is 6. The SMILES string of the molecule is C=CCN1CCN(C(=O)c2ccccn2)CC(Cc2ccc(-c3ccncc3)cc2)C1=O. The molecule has 0 spiro atoms. The van der Waals surface area contributed by atoms with E-state index >= 15 is 0 Å². The third-order valence-electron chi connectivity index (χ3n) is 5.71. The van der Waals surface area contributed by atoms with Crippen molar-refractivity contribution in [1.29, 1.82) is 0 Å². The lowest BCUT2D eigenvalue weighted by atomic mass is 9.95. The van der Waals surface area contributed by atoms with Crippen LogP contribution < -0.4 is 0 Å². The lowest BCUT2D eigenvalue weighted by Gasteiger charge is -2.23. The quantitative estimate of drug-likeness (QED) is 0.566. The average molecular weight is 427 g/mol. The van der Waals surface area contributed by atoms with E-state index in [2.05, 4.69) is 40.8 Å². The van der Waals surface area contributed by atoms with Crippen LogP contribution >= 0.6 is 0 Å². The third kappa shape index (κ3) is 4.91. The summed E-state index contributed by atoms with van der Waals surface area (Å²) in [6, 6.07) is 17.5. The predicted octanol–water partition coefficient (Wildman–Crippen LogP) is 3.47. The molecule has 32 heavy (non-hydrogen) atoms. The van der Waals surface area contributed by atoms with Gasteiger partial charge in [0.05, 0.1) is 5.92 Å². The maximum absolute atomic E-state index is 13.3. The van der Waals surface area contributed by atoms with Gasteiger partial charge in [-0.3, -0.25) is 19.6 Å². The summed E-state index contributed by atoms with van der Waals surface area (Å²) in [6.45, 7) is 5.59. The summed E-state index contributed by atoms with van der Waals surface area (Å²) < 4.78 is 0. The van der Waals surface area contributed by atoms with Crippen molar-refractivity contribution in [2.75, 3.05) is 26.2 Å². The molecule has 1 aliphatic rings. The Balaban J connectivity index is 1.54. The molecular weight excluding hydrogens is 400 g/mol. The highest BCUT2D eigenvalue weighted by atomic mass is 16.2. The smallest absolute Gasteiger partial charge is 0.272 e. The Morgan fingerprint density at radius 2 is 1.75 bits per heavy atom. The first-order valence-corrected chi connectivity index (χ1v) is 10.7. The Labute approximate surface area is 188 Å². The molecule has 1 atom stereocenters. The minimum absolute atomic E-state index is 0.0550. The number of carbonyl (C=O) groups excluding carboxylic acids is 2. The van der Waals surface area contributed by atoms with E-state index in [1.807, 2.05) is 12.1 Å². The second-order valence-corrected chi connectivity index (χ2v) is 7.87. The van der Waals surface area contributed by atoms with Gasteiger partial charge in [0.15, 0.2) is 0 Å². The third-order valence-corrected chi connectivity index (χ3v) is 5.71. The highest BCUT2D eigenvalue weighted by Gasteiger charge is 2.32. The molecule has 1 unspecified atom stereocenters. The maximum atomic E-state index is 13.3. The molecule has 1 aromatic carbocycles. The molecule has 1 saturated heterocycles. The Kier molecular flexibility index (Phi) is 6.70. The van der Waals surface area contributed by atoms with E-state index in [4.69, 9.17) is 0 Å². The van der Waals surface area contributed by atoms with Gasteiger partial charge >= 0.3 is 0 Å². The number of pyridine rings is 2. The molecule has 0 bridgehead atoms. The molecule has 3 heterocycles. The first-order valence-electron chi connectivity index (χ1n) is 10.7. The summed E-state index contributed by atoms with van der Waals surface area (Å²) in [5, 5.41) is 0. The van der Waals surface area contributed by atoms with Gasteiger partial charge in [-0.2, -0.15) is 0 Å². The first-order chi connectivity index (χ1) is 15.7. The number of nitrogens with zero attached hydrogens (tertiary/aromatic N) is 4. The van der Waals surface area contributed by atoms with Gasteiger partial charge in [0.1, 0.15) is 5.69 Å². The van der Waals surface area contributed by atoms with Crippen molar-refractivity contribution in [1.82, 2.24) is 19.8 Å².